The number of amides is 4. The third-order valence-corrected chi connectivity index (χ3v) is 8.66. The summed E-state index contributed by atoms with van der Waals surface area (Å²) >= 11 is 0. The number of carboxylic acid groups (broad SMARTS) is 1. The summed E-state index contributed by atoms with van der Waals surface area (Å²) in [6.45, 7) is -0.0888. The second-order valence-corrected chi connectivity index (χ2v) is 12.1. The Balaban J connectivity index is 1.37. The summed E-state index contributed by atoms with van der Waals surface area (Å²) in [6.07, 6.45) is 2.77. The number of fused-ring (bicyclic) bond motifs is 1. The molecular weight excluding hydrogens is 628 g/mol. The molecule has 8 N–H and O–H groups in total. The lowest BCUT2D eigenvalue weighted by atomic mass is 10.0. The van der Waals surface area contributed by atoms with E-state index in [4.69, 9.17) is 5.73 Å². The SMILES string of the molecule is NCC(=O)N[C@@H](Cc1ccc(O)cc1)C(=O)N1CCC[C@H]1C(=O)N[C@H](Cc1c[nH]c2ccccc12)C(=O)N[C@H](Cc1ccccc1)C(=O)O. The number of aromatic hydroxyl groups is 1. The fourth-order valence-corrected chi connectivity index (χ4v) is 6.14. The lowest BCUT2D eigenvalue weighted by Crippen LogP contribution is -2.58. The van der Waals surface area contributed by atoms with Crippen LogP contribution < -0.4 is 21.7 Å². The van der Waals surface area contributed by atoms with Gasteiger partial charge in [0.1, 0.15) is 29.9 Å². The maximum absolute atomic E-state index is 13.9. The monoisotopic (exact) mass is 668 g/mol. The van der Waals surface area contributed by atoms with Gasteiger partial charge in [-0.25, -0.2) is 4.79 Å². The first-order valence-electron chi connectivity index (χ1n) is 16.1. The van der Waals surface area contributed by atoms with Crippen molar-refractivity contribution >= 4 is 40.5 Å². The number of carboxylic acids is 1. The molecule has 1 aliphatic rings. The highest BCUT2D eigenvalue weighted by Gasteiger charge is 2.39. The van der Waals surface area contributed by atoms with Crippen molar-refractivity contribution in [3.63, 3.8) is 0 Å². The van der Waals surface area contributed by atoms with E-state index in [0.29, 0.717) is 18.4 Å². The maximum atomic E-state index is 13.9. The summed E-state index contributed by atoms with van der Waals surface area (Å²) in [7, 11) is 0. The Morgan fingerprint density at radius 1 is 0.816 bits per heavy atom. The molecule has 0 radical (unpaired) electrons. The topological polar surface area (TPSA) is 207 Å². The van der Waals surface area contributed by atoms with Gasteiger partial charge in [0.25, 0.3) is 0 Å². The minimum absolute atomic E-state index is 0.0392. The maximum Gasteiger partial charge on any atom is 0.326 e. The smallest absolute Gasteiger partial charge is 0.326 e. The van der Waals surface area contributed by atoms with Crippen molar-refractivity contribution in [2.75, 3.05) is 13.1 Å². The molecule has 4 aromatic rings. The zero-order valence-corrected chi connectivity index (χ0v) is 26.8. The normalized spacial score (nSPS) is 16.0. The van der Waals surface area contributed by atoms with E-state index >= 15 is 0 Å². The van der Waals surface area contributed by atoms with Crippen molar-refractivity contribution in [2.45, 2.75) is 56.3 Å². The number of carbonyl (C=O) groups is 5. The second-order valence-electron chi connectivity index (χ2n) is 12.1. The molecule has 2 heterocycles. The zero-order valence-electron chi connectivity index (χ0n) is 26.8. The highest BCUT2D eigenvalue weighted by molar-refractivity contribution is 5.96. The van der Waals surface area contributed by atoms with E-state index in [-0.39, 0.29) is 38.1 Å². The third-order valence-electron chi connectivity index (χ3n) is 8.66. The molecule has 4 atom stereocenters. The van der Waals surface area contributed by atoms with Gasteiger partial charge in [0.05, 0.1) is 6.54 Å². The van der Waals surface area contributed by atoms with Gasteiger partial charge in [0, 0.05) is 42.9 Å². The third kappa shape index (κ3) is 8.82. The first-order chi connectivity index (χ1) is 23.6. The number of aromatic amines is 1. The molecule has 49 heavy (non-hydrogen) atoms. The van der Waals surface area contributed by atoms with Gasteiger partial charge in [0.15, 0.2) is 0 Å². The molecule has 5 rings (SSSR count). The first kappa shape index (κ1) is 34.6. The van der Waals surface area contributed by atoms with E-state index in [9.17, 15) is 34.2 Å². The molecule has 1 aliphatic heterocycles. The number of hydrogen-bond donors (Lipinski definition) is 7. The van der Waals surface area contributed by atoms with Crippen LogP contribution in [0.1, 0.15) is 29.5 Å². The Kier molecular flexibility index (Phi) is 11.3. The van der Waals surface area contributed by atoms with Gasteiger partial charge in [-0.15, -0.1) is 0 Å². The molecule has 0 unspecified atom stereocenters. The number of phenolic OH excluding ortho intramolecular Hbond substituents is 1. The summed E-state index contributed by atoms with van der Waals surface area (Å²) in [5, 5.41) is 28.6. The standard InChI is InChI=1S/C36H40N6O7/c37-20-32(44)39-29(17-23-12-14-25(43)15-13-23)35(47)42-16-6-11-31(42)34(46)40-28(19-24-21-38-27-10-5-4-9-26(24)27)33(45)41-30(36(48)49)18-22-7-2-1-3-8-22/h1-5,7-10,12-15,21,28-31,38,43H,6,11,16-20,37H2,(H,39,44)(H,40,46)(H,41,45)(H,48,49)/t28-,29+,30-,31+/m1/s1. The fraction of sp³-hybridized carbons (Fsp3) is 0.306. The van der Waals surface area contributed by atoms with Crippen LogP contribution in [0.3, 0.4) is 0 Å². The molecule has 256 valence electrons. The van der Waals surface area contributed by atoms with Gasteiger partial charge in [-0.2, -0.15) is 0 Å². The van der Waals surface area contributed by atoms with E-state index < -0.39 is 53.8 Å². The number of aromatic nitrogens is 1. The Bertz CT molecular complexity index is 1790. The summed E-state index contributed by atoms with van der Waals surface area (Å²) in [5.41, 5.74) is 8.49. The van der Waals surface area contributed by atoms with Gasteiger partial charge in [-0.1, -0.05) is 60.7 Å². The molecule has 3 aromatic carbocycles. The Morgan fingerprint density at radius 2 is 1.49 bits per heavy atom. The van der Waals surface area contributed by atoms with Crippen LogP contribution in [-0.4, -0.2) is 87.0 Å². The molecule has 1 aromatic heterocycles. The van der Waals surface area contributed by atoms with Crippen LogP contribution in [0.25, 0.3) is 10.9 Å². The number of phenols is 1. The minimum Gasteiger partial charge on any atom is -0.508 e. The van der Waals surface area contributed by atoms with Crippen LogP contribution in [0.4, 0.5) is 0 Å². The Labute approximate surface area is 282 Å². The molecule has 0 aliphatic carbocycles. The van der Waals surface area contributed by atoms with Crippen LogP contribution in [0.5, 0.6) is 5.75 Å². The highest BCUT2D eigenvalue weighted by Crippen LogP contribution is 2.23. The quantitative estimate of drug-likeness (QED) is 0.104. The summed E-state index contributed by atoms with van der Waals surface area (Å²) in [6, 6.07) is 18.2. The first-order valence-corrected chi connectivity index (χ1v) is 16.1. The number of hydrogen-bond acceptors (Lipinski definition) is 7. The van der Waals surface area contributed by atoms with Crippen molar-refractivity contribution < 1.29 is 34.2 Å². The van der Waals surface area contributed by atoms with E-state index in [1.807, 2.05) is 30.3 Å². The Morgan fingerprint density at radius 3 is 2.20 bits per heavy atom. The molecule has 1 fully saturated rings. The average Bonchev–Trinajstić information content (AvgIpc) is 3.76. The molecule has 0 saturated carbocycles. The summed E-state index contributed by atoms with van der Waals surface area (Å²) < 4.78 is 0. The number of aliphatic carboxylic acids is 1. The van der Waals surface area contributed by atoms with Crippen LogP contribution >= 0.6 is 0 Å². The second kappa shape index (κ2) is 15.9. The summed E-state index contributed by atoms with van der Waals surface area (Å²) in [5.74, 6) is -3.46. The molecule has 0 bridgehead atoms. The van der Waals surface area contributed by atoms with Crippen LogP contribution in [0.2, 0.25) is 0 Å². The summed E-state index contributed by atoms with van der Waals surface area (Å²) in [4.78, 5) is 70.7. The van der Waals surface area contributed by atoms with Crippen LogP contribution in [0.15, 0.2) is 85.1 Å². The van der Waals surface area contributed by atoms with Crippen molar-refractivity contribution in [3.8, 4) is 5.75 Å². The van der Waals surface area contributed by atoms with Crippen molar-refractivity contribution in [3.05, 3.63) is 102 Å². The minimum atomic E-state index is -1.26. The van der Waals surface area contributed by atoms with Gasteiger partial charge in [-0.05, 0) is 47.7 Å². The number of nitrogens with two attached hydrogens (primary N) is 1. The predicted molar refractivity (Wildman–Crippen MR) is 181 cm³/mol. The van der Waals surface area contributed by atoms with Crippen LogP contribution in [-0.2, 0) is 43.2 Å². The zero-order chi connectivity index (χ0) is 34.9. The van der Waals surface area contributed by atoms with Crippen molar-refractivity contribution in [1.29, 1.82) is 0 Å². The number of rotatable bonds is 14. The van der Waals surface area contributed by atoms with E-state index in [0.717, 1.165) is 22.0 Å². The van der Waals surface area contributed by atoms with E-state index in [2.05, 4.69) is 20.9 Å². The molecule has 4 amide bonds. The Hall–Kier alpha value is -5.69. The lowest BCUT2D eigenvalue weighted by molar-refractivity contribution is -0.143. The predicted octanol–water partition coefficient (Wildman–Crippen LogP) is 1.39. The average molecular weight is 669 g/mol. The number of likely N-dealkylation sites (tertiary alicyclic amines) is 1. The fourth-order valence-electron chi connectivity index (χ4n) is 6.14. The molecule has 13 heteroatoms. The highest BCUT2D eigenvalue weighted by atomic mass is 16.4. The van der Waals surface area contributed by atoms with Gasteiger partial charge < -0.3 is 41.8 Å². The van der Waals surface area contributed by atoms with E-state index in [1.165, 1.54) is 17.0 Å². The van der Waals surface area contributed by atoms with E-state index in [1.54, 1.807) is 42.6 Å². The van der Waals surface area contributed by atoms with Crippen molar-refractivity contribution in [1.82, 2.24) is 25.8 Å². The number of benzene rings is 3. The molecule has 1 saturated heterocycles. The number of para-hydroxylation sites is 1. The molecular formula is C36H40N6O7. The molecule has 0 spiro atoms. The van der Waals surface area contributed by atoms with Crippen LogP contribution in [0, 0.1) is 0 Å². The number of carbonyl (C=O) groups excluding carboxylic acids is 4. The van der Waals surface area contributed by atoms with Crippen molar-refractivity contribution in [2.24, 2.45) is 5.73 Å². The molecule has 13 nitrogen and oxygen atoms in total. The van der Waals surface area contributed by atoms with Gasteiger partial charge >= 0.3 is 5.97 Å². The number of H-pyrrole nitrogens is 1. The number of nitrogens with zero attached hydrogens (tertiary/aromatic N) is 1. The lowest BCUT2D eigenvalue weighted by Gasteiger charge is -2.30. The van der Waals surface area contributed by atoms with Gasteiger partial charge in [-0.3, -0.25) is 19.2 Å². The largest absolute Gasteiger partial charge is 0.508 e. The van der Waals surface area contributed by atoms with Gasteiger partial charge in [0.2, 0.25) is 23.6 Å². The number of nitrogens with one attached hydrogen (secondary N) is 4.